The Bertz CT molecular complexity index is 370. The van der Waals surface area contributed by atoms with Crippen molar-refractivity contribution < 1.29 is 4.74 Å². The SMILES string of the molecule is CNC(C)(C#N)COc1ccccc1C. The van der Waals surface area contributed by atoms with Gasteiger partial charge in [0.15, 0.2) is 0 Å². The third-order valence-electron chi connectivity index (χ3n) is 2.41. The Morgan fingerprint density at radius 3 is 2.67 bits per heavy atom. The summed E-state index contributed by atoms with van der Waals surface area (Å²) in [6.07, 6.45) is 0. The predicted octanol–water partition coefficient (Wildman–Crippen LogP) is 1.88. The summed E-state index contributed by atoms with van der Waals surface area (Å²) >= 11 is 0. The number of benzene rings is 1. The summed E-state index contributed by atoms with van der Waals surface area (Å²) < 4.78 is 5.60. The highest BCUT2D eigenvalue weighted by Crippen LogP contribution is 2.17. The molecule has 80 valence electrons. The van der Waals surface area contributed by atoms with E-state index in [2.05, 4.69) is 11.4 Å². The van der Waals surface area contributed by atoms with Crippen molar-refractivity contribution in [2.45, 2.75) is 19.4 Å². The maximum absolute atomic E-state index is 8.94. The van der Waals surface area contributed by atoms with E-state index in [9.17, 15) is 0 Å². The molecule has 1 aromatic rings. The molecule has 0 radical (unpaired) electrons. The highest BCUT2D eigenvalue weighted by Gasteiger charge is 2.22. The van der Waals surface area contributed by atoms with E-state index in [0.29, 0.717) is 6.61 Å². The molecule has 1 rings (SSSR count). The Balaban J connectivity index is 2.66. The highest BCUT2D eigenvalue weighted by molar-refractivity contribution is 5.32. The van der Waals surface area contributed by atoms with E-state index in [4.69, 9.17) is 10.00 Å². The number of nitriles is 1. The van der Waals surface area contributed by atoms with Gasteiger partial charge in [0.1, 0.15) is 17.9 Å². The molecular weight excluding hydrogens is 188 g/mol. The van der Waals surface area contributed by atoms with Crippen molar-refractivity contribution in [3.05, 3.63) is 29.8 Å². The first-order valence-corrected chi connectivity index (χ1v) is 4.90. The minimum absolute atomic E-state index is 0.338. The fourth-order valence-electron chi connectivity index (χ4n) is 1.10. The average Bonchev–Trinajstić information content (AvgIpc) is 2.28. The van der Waals surface area contributed by atoms with Gasteiger partial charge in [0.25, 0.3) is 0 Å². The maximum Gasteiger partial charge on any atom is 0.137 e. The van der Waals surface area contributed by atoms with Gasteiger partial charge in [-0.05, 0) is 32.5 Å². The molecule has 1 unspecified atom stereocenters. The first-order chi connectivity index (χ1) is 7.11. The summed E-state index contributed by atoms with van der Waals surface area (Å²) in [5.74, 6) is 0.828. The van der Waals surface area contributed by atoms with Gasteiger partial charge in [-0.1, -0.05) is 18.2 Å². The standard InChI is InChI=1S/C12H16N2O/c1-10-6-4-5-7-11(10)15-9-12(2,8-13)14-3/h4-7,14H,9H2,1-3H3. The van der Waals surface area contributed by atoms with Crippen molar-refractivity contribution in [2.75, 3.05) is 13.7 Å². The maximum atomic E-state index is 8.94. The molecule has 0 aliphatic rings. The predicted molar refractivity (Wildman–Crippen MR) is 59.8 cm³/mol. The van der Waals surface area contributed by atoms with Crippen molar-refractivity contribution in [2.24, 2.45) is 0 Å². The lowest BCUT2D eigenvalue weighted by molar-refractivity contribution is 0.241. The molecule has 1 aromatic carbocycles. The lowest BCUT2D eigenvalue weighted by atomic mass is 10.1. The van der Waals surface area contributed by atoms with Crippen LogP contribution in [0.1, 0.15) is 12.5 Å². The molecule has 1 N–H and O–H groups in total. The van der Waals surface area contributed by atoms with Crippen LogP contribution in [-0.4, -0.2) is 19.2 Å². The van der Waals surface area contributed by atoms with Crippen LogP contribution in [0.4, 0.5) is 0 Å². The summed E-state index contributed by atoms with van der Waals surface area (Å²) in [5.41, 5.74) is 0.441. The summed E-state index contributed by atoms with van der Waals surface area (Å²) in [4.78, 5) is 0. The van der Waals surface area contributed by atoms with Crippen LogP contribution < -0.4 is 10.1 Å². The summed E-state index contributed by atoms with van der Waals surface area (Å²) in [7, 11) is 1.75. The minimum Gasteiger partial charge on any atom is -0.490 e. The van der Waals surface area contributed by atoms with Crippen LogP contribution in [0.25, 0.3) is 0 Å². The van der Waals surface area contributed by atoms with Crippen LogP contribution in [0.2, 0.25) is 0 Å². The van der Waals surface area contributed by atoms with Crippen LogP contribution in [0.15, 0.2) is 24.3 Å². The highest BCUT2D eigenvalue weighted by atomic mass is 16.5. The molecule has 0 amide bonds. The quantitative estimate of drug-likeness (QED) is 0.814. The molecular formula is C12H16N2O. The number of para-hydroxylation sites is 1. The molecule has 1 atom stereocenters. The smallest absolute Gasteiger partial charge is 0.137 e. The molecule has 0 bridgehead atoms. The first kappa shape index (κ1) is 11.5. The van der Waals surface area contributed by atoms with E-state index >= 15 is 0 Å². The lowest BCUT2D eigenvalue weighted by Gasteiger charge is -2.21. The van der Waals surface area contributed by atoms with Gasteiger partial charge in [-0.3, -0.25) is 5.32 Å². The van der Waals surface area contributed by atoms with Gasteiger partial charge >= 0.3 is 0 Å². The molecule has 3 nitrogen and oxygen atoms in total. The number of likely N-dealkylation sites (N-methyl/N-ethyl adjacent to an activating group) is 1. The third kappa shape index (κ3) is 2.97. The number of nitrogens with zero attached hydrogens (tertiary/aromatic N) is 1. The number of ether oxygens (including phenoxy) is 1. The second kappa shape index (κ2) is 4.81. The van der Waals surface area contributed by atoms with Crippen molar-refractivity contribution >= 4 is 0 Å². The average molecular weight is 204 g/mol. The van der Waals surface area contributed by atoms with E-state index in [0.717, 1.165) is 11.3 Å². The number of hydrogen-bond donors (Lipinski definition) is 1. The lowest BCUT2D eigenvalue weighted by Crippen LogP contribution is -2.43. The van der Waals surface area contributed by atoms with Crippen LogP contribution in [0, 0.1) is 18.3 Å². The molecule has 0 aliphatic heterocycles. The number of aryl methyl sites for hydroxylation is 1. The number of rotatable bonds is 4. The Kier molecular flexibility index (Phi) is 3.70. The van der Waals surface area contributed by atoms with E-state index in [1.54, 1.807) is 7.05 Å². The van der Waals surface area contributed by atoms with Crippen LogP contribution in [-0.2, 0) is 0 Å². The molecule has 0 aliphatic carbocycles. The first-order valence-electron chi connectivity index (χ1n) is 4.90. The van der Waals surface area contributed by atoms with Crippen molar-refractivity contribution in [3.8, 4) is 11.8 Å². The third-order valence-corrected chi connectivity index (χ3v) is 2.41. The molecule has 0 fully saturated rings. The van der Waals surface area contributed by atoms with Gasteiger partial charge in [-0.15, -0.1) is 0 Å². The van der Waals surface area contributed by atoms with E-state index < -0.39 is 5.54 Å². The fourth-order valence-corrected chi connectivity index (χ4v) is 1.10. The molecule has 0 saturated carbocycles. The van der Waals surface area contributed by atoms with Gasteiger partial charge in [0.05, 0.1) is 6.07 Å². The second-order valence-corrected chi connectivity index (χ2v) is 3.75. The molecule has 15 heavy (non-hydrogen) atoms. The number of nitrogens with one attached hydrogen (secondary N) is 1. The van der Waals surface area contributed by atoms with Crippen molar-refractivity contribution in [1.82, 2.24) is 5.32 Å². The summed E-state index contributed by atoms with van der Waals surface area (Å²) in [6.45, 7) is 4.13. The zero-order valence-corrected chi connectivity index (χ0v) is 9.37. The normalized spacial score (nSPS) is 14.0. The van der Waals surface area contributed by atoms with Crippen LogP contribution >= 0.6 is 0 Å². The van der Waals surface area contributed by atoms with E-state index in [-0.39, 0.29) is 0 Å². The number of hydrogen-bond acceptors (Lipinski definition) is 3. The second-order valence-electron chi connectivity index (χ2n) is 3.75. The Labute approximate surface area is 90.7 Å². The zero-order valence-electron chi connectivity index (χ0n) is 9.37. The van der Waals surface area contributed by atoms with Crippen molar-refractivity contribution in [1.29, 1.82) is 5.26 Å². The van der Waals surface area contributed by atoms with Gasteiger partial charge in [0, 0.05) is 0 Å². The Morgan fingerprint density at radius 1 is 1.47 bits per heavy atom. The largest absolute Gasteiger partial charge is 0.490 e. The Hall–Kier alpha value is -1.53. The summed E-state index contributed by atoms with van der Waals surface area (Å²) in [5, 5.41) is 11.9. The van der Waals surface area contributed by atoms with Gasteiger partial charge < -0.3 is 4.74 Å². The minimum atomic E-state index is -0.637. The molecule has 0 heterocycles. The molecule has 0 spiro atoms. The van der Waals surface area contributed by atoms with Crippen molar-refractivity contribution in [3.63, 3.8) is 0 Å². The van der Waals surface area contributed by atoms with E-state index in [1.165, 1.54) is 0 Å². The monoisotopic (exact) mass is 204 g/mol. The molecule has 0 aromatic heterocycles. The molecule has 0 saturated heterocycles. The van der Waals surface area contributed by atoms with Gasteiger partial charge in [-0.2, -0.15) is 5.26 Å². The van der Waals surface area contributed by atoms with E-state index in [1.807, 2.05) is 38.1 Å². The zero-order chi connectivity index (χ0) is 11.3. The Morgan fingerprint density at radius 2 is 2.13 bits per heavy atom. The van der Waals surface area contributed by atoms with Gasteiger partial charge in [0.2, 0.25) is 0 Å². The van der Waals surface area contributed by atoms with Crippen LogP contribution in [0.5, 0.6) is 5.75 Å². The topological polar surface area (TPSA) is 45.0 Å². The molecule has 3 heteroatoms. The van der Waals surface area contributed by atoms with Gasteiger partial charge in [-0.25, -0.2) is 0 Å². The fraction of sp³-hybridized carbons (Fsp3) is 0.417. The van der Waals surface area contributed by atoms with Crippen LogP contribution in [0.3, 0.4) is 0 Å². The summed E-state index contributed by atoms with van der Waals surface area (Å²) in [6, 6.07) is 9.96.